The van der Waals surface area contributed by atoms with E-state index >= 15 is 0 Å². The number of benzene rings is 3. The molecule has 0 radical (unpaired) electrons. The molecule has 170 valence electrons. The summed E-state index contributed by atoms with van der Waals surface area (Å²) in [6.07, 6.45) is 4.03. The Morgan fingerprint density at radius 3 is 2.36 bits per heavy atom. The van der Waals surface area contributed by atoms with Gasteiger partial charge in [0.25, 0.3) is 0 Å². The van der Waals surface area contributed by atoms with E-state index < -0.39 is 10.0 Å². The molecule has 1 aliphatic carbocycles. The summed E-state index contributed by atoms with van der Waals surface area (Å²) in [4.78, 5) is 26.9. The number of sulfonamides is 1. The maximum atomic E-state index is 13.0. The lowest BCUT2D eigenvalue weighted by atomic mass is 10.0. The van der Waals surface area contributed by atoms with Crippen molar-refractivity contribution < 1.29 is 18.0 Å². The molecule has 0 bridgehead atoms. The summed E-state index contributed by atoms with van der Waals surface area (Å²) in [6.45, 7) is 0. The Bertz CT molecular complexity index is 1330. The molecule has 2 N–H and O–H groups in total. The van der Waals surface area contributed by atoms with E-state index in [2.05, 4.69) is 10.0 Å². The average molecular weight is 464 g/mol. The van der Waals surface area contributed by atoms with E-state index in [0.29, 0.717) is 35.6 Å². The number of carbonyl (C=O) groups excluding carboxylic acids is 2. The topological polar surface area (TPSA) is 95.6 Å². The standard InChI is InChI=1S/C25H25N3O4S/c29-23-16-24(30)28(22-15-10-17-6-4-5-9-21(17)25(22)26-23)19-13-11-18(12-14-19)27-33(31,32)20-7-2-1-3-8-20/h4-6,9-15,20,27H,1-3,7-8,16H2,(H,26,29). The number of carbonyl (C=O) groups is 2. The zero-order valence-corrected chi connectivity index (χ0v) is 18.9. The first-order chi connectivity index (χ1) is 15.9. The van der Waals surface area contributed by atoms with Crippen molar-refractivity contribution in [1.29, 1.82) is 0 Å². The Labute approximate surface area is 192 Å². The lowest BCUT2D eigenvalue weighted by Gasteiger charge is -2.24. The van der Waals surface area contributed by atoms with Crippen LogP contribution in [0, 0.1) is 0 Å². The summed E-state index contributed by atoms with van der Waals surface area (Å²) in [5.41, 5.74) is 2.19. The predicted molar refractivity (Wildman–Crippen MR) is 130 cm³/mol. The molecular formula is C25H25N3O4S. The van der Waals surface area contributed by atoms with Gasteiger partial charge in [-0.3, -0.25) is 19.2 Å². The first kappa shape index (κ1) is 21.5. The molecule has 8 heteroatoms. The summed E-state index contributed by atoms with van der Waals surface area (Å²) in [6, 6.07) is 18.1. The van der Waals surface area contributed by atoms with Crippen molar-refractivity contribution in [3.05, 3.63) is 60.7 Å². The van der Waals surface area contributed by atoms with Crippen LogP contribution >= 0.6 is 0 Å². The Morgan fingerprint density at radius 2 is 1.61 bits per heavy atom. The van der Waals surface area contributed by atoms with E-state index in [1.807, 2.05) is 36.4 Å². The van der Waals surface area contributed by atoms with Crippen LogP contribution in [-0.4, -0.2) is 25.5 Å². The second-order valence-electron chi connectivity index (χ2n) is 8.59. The minimum Gasteiger partial charge on any atom is -0.323 e. The molecule has 0 spiro atoms. The number of hydrogen-bond donors (Lipinski definition) is 2. The summed E-state index contributed by atoms with van der Waals surface area (Å²) in [5, 5.41) is 4.32. The average Bonchev–Trinajstić information content (AvgIpc) is 2.94. The fourth-order valence-electron chi connectivity index (χ4n) is 4.70. The largest absolute Gasteiger partial charge is 0.323 e. The van der Waals surface area contributed by atoms with Gasteiger partial charge in [0.05, 0.1) is 16.6 Å². The number of amides is 2. The Kier molecular flexibility index (Phi) is 5.54. The van der Waals surface area contributed by atoms with Crippen LogP contribution in [0.25, 0.3) is 10.8 Å². The van der Waals surface area contributed by atoms with Crippen molar-refractivity contribution in [2.75, 3.05) is 14.9 Å². The minimum atomic E-state index is -3.46. The molecule has 0 atom stereocenters. The number of hydrogen-bond acceptors (Lipinski definition) is 4. The van der Waals surface area contributed by atoms with E-state index in [4.69, 9.17) is 0 Å². The molecule has 0 unspecified atom stereocenters. The third kappa shape index (κ3) is 4.18. The highest BCUT2D eigenvalue weighted by atomic mass is 32.2. The third-order valence-electron chi connectivity index (χ3n) is 6.35. The molecular weight excluding hydrogens is 438 g/mol. The highest BCUT2D eigenvalue weighted by molar-refractivity contribution is 7.93. The molecule has 7 nitrogen and oxygen atoms in total. The number of anilines is 4. The molecule has 5 rings (SSSR count). The summed E-state index contributed by atoms with van der Waals surface area (Å²) in [7, 11) is -3.46. The molecule has 1 saturated carbocycles. The second-order valence-corrected chi connectivity index (χ2v) is 10.5. The van der Waals surface area contributed by atoms with Crippen molar-refractivity contribution in [3.8, 4) is 0 Å². The van der Waals surface area contributed by atoms with Gasteiger partial charge < -0.3 is 5.32 Å². The molecule has 3 aromatic rings. The molecule has 1 aliphatic heterocycles. The highest BCUT2D eigenvalue weighted by Gasteiger charge is 2.30. The SMILES string of the molecule is O=C1CC(=O)N(c2ccc(NS(=O)(=O)C3CCCCC3)cc2)c2ccc3ccccc3c2N1. The Morgan fingerprint density at radius 1 is 0.879 bits per heavy atom. The zero-order valence-electron chi connectivity index (χ0n) is 18.1. The summed E-state index contributed by atoms with van der Waals surface area (Å²) in [5.74, 6) is -0.714. The van der Waals surface area contributed by atoms with Gasteiger partial charge in [-0.05, 0) is 48.6 Å². The van der Waals surface area contributed by atoms with Gasteiger partial charge in [-0.25, -0.2) is 8.42 Å². The van der Waals surface area contributed by atoms with Crippen LogP contribution in [0.4, 0.5) is 22.7 Å². The van der Waals surface area contributed by atoms with Gasteiger partial charge >= 0.3 is 0 Å². The molecule has 0 aromatic heterocycles. The molecule has 33 heavy (non-hydrogen) atoms. The van der Waals surface area contributed by atoms with Crippen molar-refractivity contribution in [3.63, 3.8) is 0 Å². The van der Waals surface area contributed by atoms with Crippen LogP contribution in [0.2, 0.25) is 0 Å². The molecule has 2 amide bonds. The van der Waals surface area contributed by atoms with Crippen molar-refractivity contribution >= 4 is 55.4 Å². The van der Waals surface area contributed by atoms with Gasteiger partial charge in [-0.15, -0.1) is 0 Å². The van der Waals surface area contributed by atoms with Crippen LogP contribution in [0.15, 0.2) is 60.7 Å². The van der Waals surface area contributed by atoms with Crippen LogP contribution in [0.5, 0.6) is 0 Å². The second kappa shape index (κ2) is 8.51. The first-order valence-electron chi connectivity index (χ1n) is 11.2. The fraction of sp³-hybridized carbons (Fsp3) is 0.280. The molecule has 0 saturated heterocycles. The van der Waals surface area contributed by atoms with Gasteiger partial charge in [0.2, 0.25) is 21.8 Å². The molecule has 1 heterocycles. The number of nitrogens with one attached hydrogen (secondary N) is 2. The maximum Gasteiger partial charge on any atom is 0.241 e. The van der Waals surface area contributed by atoms with Gasteiger partial charge in [0.1, 0.15) is 6.42 Å². The van der Waals surface area contributed by atoms with Crippen LogP contribution in [0.3, 0.4) is 0 Å². The van der Waals surface area contributed by atoms with Crippen molar-refractivity contribution in [2.45, 2.75) is 43.8 Å². The number of rotatable bonds is 4. The highest BCUT2D eigenvalue weighted by Crippen LogP contribution is 2.40. The molecule has 2 aliphatic rings. The van der Waals surface area contributed by atoms with Crippen LogP contribution in [-0.2, 0) is 19.6 Å². The van der Waals surface area contributed by atoms with Gasteiger partial charge in [-0.1, -0.05) is 49.6 Å². The quantitative estimate of drug-likeness (QED) is 0.537. The van der Waals surface area contributed by atoms with Crippen LogP contribution in [0.1, 0.15) is 38.5 Å². The number of nitrogens with zero attached hydrogens (tertiary/aromatic N) is 1. The fourth-order valence-corrected chi connectivity index (χ4v) is 6.28. The summed E-state index contributed by atoms with van der Waals surface area (Å²) >= 11 is 0. The third-order valence-corrected chi connectivity index (χ3v) is 8.22. The first-order valence-corrected chi connectivity index (χ1v) is 12.7. The normalized spacial score (nSPS) is 17.4. The predicted octanol–water partition coefficient (Wildman–Crippen LogP) is 4.92. The number of fused-ring (bicyclic) bond motifs is 3. The van der Waals surface area contributed by atoms with Gasteiger partial charge in [-0.2, -0.15) is 0 Å². The van der Waals surface area contributed by atoms with Crippen molar-refractivity contribution in [1.82, 2.24) is 0 Å². The van der Waals surface area contributed by atoms with Crippen molar-refractivity contribution in [2.24, 2.45) is 0 Å². The molecule has 3 aromatic carbocycles. The lowest BCUT2D eigenvalue weighted by Crippen LogP contribution is -2.29. The molecule has 1 fully saturated rings. The minimum absolute atomic E-state index is 0.279. The smallest absolute Gasteiger partial charge is 0.241 e. The van der Waals surface area contributed by atoms with E-state index in [9.17, 15) is 18.0 Å². The van der Waals surface area contributed by atoms with Crippen LogP contribution < -0.4 is 14.9 Å². The van der Waals surface area contributed by atoms with E-state index in [1.165, 1.54) is 4.90 Å². The lowest BCUT2D eigenvalue weighted by molar-refractivity contribution is -0.124. The Balaban J connectivity index is 1.48. The van der Waals surface area contributed by atoms with E-state index in [1.54, 1.807) is 24.3 Å². The van der Waals surface area contributed by atoms with E-state index in [0.717, 1.165) is 30.0 Å². The zero-order chi connectivity index (χ0) is 23.0. The Hall–Kier alpha value is -3.39. The summed E-state index contributed by atoms with van der Waals surface area (Å²) < 4.78 is 28.2. The van der Waals surface area contributed by atoms with E-state index in [-0.39, 0.29) is 23.5 Å². The monoisotopic (exact) mass is 463 g/mol. The van der Waals surface area contributed by atoms with Gasteiger partial charge in [0, 0.05) is 16.8 Å². The maximum absolute atomic E-state index is 13.0. The van der Waals surface area contributed by atoms with Gasteiger partial charge in [0.15, 0.2) is 0 Å².